The maximum absolute atomic E-state index is 3.73. The number of hydrogen-bond donors (Lipinski definition) is 1. The van der Waals surface area contributed by atoms with Crippen LogP contribution in [0, 0.1) is 11.8 Å². The van der Waals surface area contributed by atoms with E-state index < -0.39 is 0 Å². The Balaban J connectivity index is 1.86. The first-order valence-electron chi connectivity index (χ1n) is 6.54. The van der Waals surface area contributed by atoms with Crippen LogP contribution in [0.5, 0.6) is 0 Å². The Morgan fingerprint density at radius 1 is 1.19 bits per heavy atom. The molecule has 1 aromatic rings. The zero-order chi connectivity index (χ0) is 11.4. The highest BCUT2D eigenvalue weighted by molar-refractivity contribution is 5.14. The molecule has 2 atom stereocenters. The van der Waals surface area contributed by atoms with Crippen molar-refractivity contribution in [1.29, 1.82) is 0 Å². The van der Waals surface area contributed by atoms with E-state index in [9.17, 15) is 0 Å². The van der Waals surface area contributed by atoms with Gasteiger partial charge < -0.3 is 5.32 Å². The minimum absolute atomic E-state index is 0.736. The molecule has 1 aromatic carbocycles. The van der Waals surface area contributed by atoms with Crippen LogP contribution in [0.15, 0.2) is 30.3 Å². The van der Waals surface area contributed by atoms with Crippen molar-refractivity contribution in [2.24, 2.45) is 11.8 Å². The van der Waals surface area contributed by atoms with Crippen LogP contribution in [0.4, 0.5) is 0 Å². The average molecular weight is 217 g/mol. The maximum atomic E-state index is 3.73. The molecule has 0 saturated heterocycles. The lowest BCUT2D eigenvalue weighted by molar-refractivity contribution is 0.312. The minimum Gasteiger partial charge on any atom is -0.310 e. The number of benzene rings is 1. The predicted octanol–water partition coefficient (Wildman–Crippen LogP) is 3.60. The molecule has 0 radical (unpaired) electrons. The van der Waals surface area contributed by atoms with Gasteiger partial charge in [0.2, 0.25) is 0 Å². The van der Waals surface area contributed by atoms with Gasteiger partial charge in [-0.2, -0.15) is 0 Å². The molecule has 1 heteroatoms. The lowest BCUT2D eigenvalue weighted by Gasteiger charge is -2.24. The van der Waals surface area contributed by atoms with E-state index >= 15 is 0 Å². The Morgan fingerprint density at radius 3 is 2.62 bits per heavy atom. The maximum Gasteiger partial charge on any atom is 0.0208 e. The third kappa shape index (κ3) is 2.85. The molecule has 88 valence electrons. The predicted molar refractivity (Wildman–Crippen MR) is 69.2 cm³/mol. The Bertz CT molecular complexity index is 304. The molecule has 0 aliphatic heterocycles. The molecule has 0 unspecified atom stereocenters. The van der Waals surface area contributed by atoms with Crippen molar-refractivity contribution in [3.05, 3.63) is 35.9 Å². The molecule has 0 heterocycles. The van der Waals surface area contributed by atoms with Gasteiger partial charge in [-0.1, -0.05) is 50.6 Å². The fourth-order valence-corrected chi connectivity index (χ4v) is 2.88. The molecule has 1 aliphatic carbocycles. The second kappa shape index (κ2) is 5.49. The molecule has 2 rings (SSSR count). The molecule has 0 aromatic heterocycles. The first kappa shape index (κ1) is 11.7. The van der Waals surface area contributed by atoms with Gasteiger partial charge in [-0.05, 0) is 30.2 Å². The van der Waals surface area contributed by atoms with Crippen LogP contribution in [-0.4, -0.2) is 6.04 Å². The van der Waals surface area contributed by atoms with Gasteiger partial charge in [0.05, 0.1) is 0 Å². The molecule has 1 saturated carbocycles. The van der Waals surface area contributed by atoms with Crippen LogP contribution in [0.1, 0.15) is 38.7 Å². The van der Waals surface area contributed by atoms with Gasteiger partial charge in [-0.3, -0.25) is 0 Å². The molecule has 0 bridgehead atoms. The van der Waals surface area contributed by atoms with E-state index in [4.69, 9.17) is 0 Å². The summed E-state index contributed by atoms with van der Waals surface area (Å²) in [6.45, 7) is 5.73. The van der Waals surface area contributed by atoms with Gasteiger partial charge in [0.25, 0.3) is 0 Å². The standard InChI is InChI=1S/C15H23N/c1-12(2)14-9-6-10-15(14)16-11-13-7-4-3-5-8-13/h3-5,7-8,12,14-16H,6,9-11H2,1-2H3/t14-,15+/m1/s1. The van der Waals surface area contributed by atoms with Crippen LogP contribution in [0.3, 0.4) is 0 Å². The van der Waals surface area contributed by atoms with Gasteiger partial charge >= 0.3 is 0 Å². The third-order valence-electron chi connectivity index (χ3n) is 3.84. The summed E-state index contributed by atoms with van der Waals surface area (Å²) in [4.78, 5) is 0. The van der Waals surface area contributed by atoms with Crippen LogP contribution < -0.4 is 5.32 Å². The quantitative estimate of drug-likeness (QED) is 0.812. The third-order valence-corrected chi connectivity index (χ3v) is 3.84. The van der Waals surface area contributed by atoms with Crippen LogP contribution >= 0.6 is 0 Å². The highest BCUT2D eigenvalue weighted by Crippen LogP contribution is 2.31. The van der Waals surface area contributed by atoms with Gasteiger partial charge in [-0.15, -0.1) is 0 Å². The summed E-state index contributed by atoms with van der Waals surface area (Å²) in [5, 5.41) is 3.73. The van der Waals surface area contributed by atoms with E-state index in [2.05, 4.69) is 49.5 Å². The van der Waals surface area contributed by atoms with E-state index in [0.29, 0.717) is 0 Å². The fraction of sp³-hybridized carbons (Fsp3) is 0.600. The molecular formula is C15H23N. The first-order valence-corrected chi connectivity index (χ1v) is 6.54. The summed E-state index contributed by atoms with van der Waals surface area (Å²) in [5.74, 6) is 1.69. The van der Waals surface area contributed by atoms with Crippen LogP contribution in [0.25, 0.3) is 0 Å². The van der Waals surface area contributed by atoms with E-state index in [1.807, 2.05) is 0 Å². The zero-order valence-electron chi connectivity index (χ0n) is 10.4. The average Bonchev–Trinajstić information content (AvgIpc) is 2.76. The smallest absolute Gasteiger partial charge is 0.0208 e. The highest BCUT2D eigenvalue weighted by atomic mass is 14.9. The van der Waals surface area contributed by atoms with Crippen molar-refractivity contribution >= 4 is 0 Å². The van der Waals surface area contributed by atoms with Gasteiger partial charge in [-0.25, -0.2) is 0 Å². The van der Waals surface area contributed by atoms with E-state index in [-0.39, 0.29) is 0 Å². The molecule has 1 N–H and O–H groups in total. The van der Waals surface area contributed by atoms with Gasteiger partial charge in [0, 0.05) is 12.6 Å². The van der Waals surface area contributed by atoms with Crippen molar-refractivity contribution in [2.45, 2.75) is 45.7 Å². The monoisotopic (exact) mass is 217 g/mol. The Kier molecular flexibility index (Phi) is 4.00. The van der Waals surface area contributed by atoms with Crippen molar-refractivity contribution in [2.75, 3.05) is 0 Å². The summed E-state index contributed by atoms with van der Waals surface area (Å²) >= 11 is 0. The number of hydrogen-bond acceptors (Lipinski definition) is 1. The van der Waals surface area contributed by atoms with Crippen LogP contribution in [0.2, 0.25) is 0 Å². The molecule has 1 fully saturated rings. The highest BCUT2D eigenvalue weighted by Gasteiger charge is 2.28. The van der Waals surface area contributed by atoms with Crippen LogP contribution in [-0.2, 0) is 6.54 Å². The van der Waals surface area contributed by atoms with Crippen molar-refractivity contribution in [3.8, 4) is 0 Å². The minimum atomic E-state index is 0.736. The summed E-state index contributed by atoms with van der Waals surface area (Å²) in [6, 6.07) is 11.5. The summed E-state index contributed by atoms with van der Waals surface area (Å²) in [6.07, 6.45) is 4.16. The molecule has 1 nitrogen and oxygen atoms in total. The molecule has 1 aliphatic rings. The second-order valence-electron chi connectivity index (χ2n) is 5.31. The lowest BCUT2D eigenvalue weighted by Crippen LogP contribution is -2.34. The molecule has 0 spiro atoms. The van der Waals surface area contributed by atoms with E-state index in [1.165, 1.54) is 24.8 Å². The molecule has 16 heavy (non-hydrogen) atoms. The molecule has 0 amide bonds. The summed E-state index contributed by atoms with van der Waals surface area (Å²) in [5.41, 5.74) is 1.40. The van der Waals surface area contributed by atoms with E-state index in [0.717, 1.165) is 24.4 Å². The SMILES string of the molecule is CC(C)[C@H]1CCC[C@@H]1NCc1ccccc1. The first-order chi connectivity index (χ1) is 7.77. The fourth-order valence-electron chi connectivity index (χ4n) is 2.88. The number of nitrogens with one attached hydrogen (secondary N) is 1. The lowest BCUT2D eigenvalue weighted by atomic mass is 9.91. The normalized spacial score (nSPS) is 25.2. The number of rotatable bonds is 4. The van der Waals surface area contributed by atoms with Gasteiger partial charge in [0.1, 0.15) is 0 Å². The van der Waals surface area contributed by atoms with Gasteiger partial charge in [0.15, 0.2) is 0 Å². The molecular weight excluding hydrogens is 194 g/mol. The van der Waals surface area contributed by atoms with E-state index in [1.54, 1.807) is 0 Å². The Hall–Kier alpha value is -0.820. The topological polar surface area (TPSA) is 12.0 Å². The summed E-state index contributed by atoms with van der Waals surface area (Å²) in [7, 11) is 0. The Morgan fingerprint density at radius 2 is 1.94 bits per heavy atom. The van der Waals surface area contributed by atoms with Crippen molar-refractivity contribution < 1.29 is 0 Å². The Labute approximate surface area is 99.3 Å². The zero-order valence-corrected chi connectivity index (χ0v) is 10.4. The van der Waals surface area contributed by atoms with Crippen molar-refractivity contribution in [3.63, 3.8) is 0 Å². The largest absolute Gasteiger partial charge is 0.310 e. The second-order valence-corrected chi connectivity index (χ2v) is 5.31. The van der Waals surface area contributed by atoms with Crippen molar-refractivity contribution in [1.82, 2.24) is 5.32 Å². The summed E-state index contributed by atoms with van der Waals surface area (Å²) < 4.78 is 0.